The summed E-state index contributed by atoms with van der Waals surface area (Å²) in [6.45, 7) is 50.5. The summed E-state index contributed by atoms with van der Waals surface area (Å²) in [7, 11) is 29.7. The minimum Gasteiger partial charge on any atom is -0.508 e. The number of aryl methyl sites for hydroxylation is 2. The SMILES string of the molecule is C.CC(C)(C)c1ccc(-c2nc(Cl)nc(-c3ccc(C(C)(C)C)cc3)n2)cc1.CC(C)(C)c1ccc(-c2nc(Cl)nc(-c3ccc(C(C)(C)C)cc3)n2)cc1.CC(C)(C)c1ccccc1.CCCCCCc1cc(-c2nc(-c3ccc(C(C)(C)C)cc3)nc(-c3ccc(C(C)(C)C)cc3)n2)c(O)cc1O.CCCCCCc1ccc(O)cc1O.Clc1nc(Cl)nc(Cl)n1.[2HH].[Cl][Al]([Cl])[Cl].[Cl][Al]([Cl])[Cl]. The van der Waals surface area contributed by atoms with Crippen LogP contribution in [0.4, 0.5) is 0 Å². The Balaban J connectivity index is 0.000000358. The van der Waals surface area contributed by atoms with Gasteiger partial charge in [-0.05, 0) is 184 Å². The minimum atomic E-state index is -1.72. The van der Waals surface area contributed by atoms with E-state index in [2.05, 4.69) is 307 Å². The van der Waals surface area contributed by atoms with E-state index in [1.165, 1.54) is 70.3 Å². The maximum absolute atomic E-state index is 10.9. The van der Waals surface area contributed by atoms with Crippen LogP contribution in [0.25, 0.3) is 79.7 Å². The van der Waals surface area contributed by atoms with Crippen molar-refractivity contribution in [2.75, 3.05) is 0 Å². The molecule has 0 aliphatic heterocycles. The number of hydrogen-bond acceptors (Lipinski definition) is 16. The van der Waals surface area contributed by atoms with Gasteiger partial charge < -0.3 is 20.4 Å². The lowest BCUT2D eigenvalue weighted by molar-refractivity contribution is 0.444. The summed E-state index contributed by atoms with van der Waals surface area (Å²) < 4.78 is 0. The summed E-state index contributed by atoms with van der Waals surface area (Å²) in [5, 5.41) is 40.4. The molecule has 4 heterocycles. The fourth-order valence-corrected chi connectivity index (χ4v) is 14.1. The fourth-order valence-electron chi connectivity index (χ4n) is 13.2. The number of hydrogen-bond donors (Lipinski definition) is 4. The van der Waals surface area contributed by atoms with Crippen molar-refractivity contribution in [1.82, 2.24) is 59.8 Å². The van der Waals surface area contributed by atoms with Crippen molar-refractivity contribution >= 4 is 141 Å². The molecule has 13 rings (SSSR count). The zero-order valence-electron chi connectivity index (χ0n) is 81.7. The number of phenolic OH excluding ortho intramolecular Hbond substituents is 4. The van der Waals surface area contributed by atoms with Crippen LogP contribution in [0.1, 0.15) is 270 Å². The Hall–Kier alpha value is -7.53. The van der Waals surface area contributed by atoms with E-state index in [-0.39, 0.29) is 90.8 Å². The van der Waals surface area contributed by atoms with Crippen LogP contribution in [-0.2, 0) is 50.7 Å². The van der Waals surface area contributed by atoms with Gasteiger partial charge in [0.15, 0.2) is 40.8 Å². The summed E-state index contributed by atoms with van der Waals surface area (Å²) in [6, 6.07) is 68.5. The van der Waals surface area contributed by atoms with Crippen molar-refractivity contribution in [3.63, 3.8) is 0 Å². The van der Waals surface area contributed by atoms with Gasteiger partial charge in [0.1, 0.15) is 23.0 Å². The standard InChI is InChI=1S/C35H43N3O2.2C23H26ClN3.C12H18O2.C10H14.C3Cl3N3.CH4.2Al.6ClH.H2/c1-8-9-10-11-12-25-21-28(30(40)22-29(25)39)33-37-31(23-13-17-26(18-14-23)34(2,3)4)36-32(38-33)24-15-19-27(20-16-24)35(5,6)7;2*1-22(2,3)17-11-7-15(8-12-17)19-25-20(27-21(24)26-19)16-9-13-18(14-10-16)23(4,5)6;1-2-3-4-5-6-10-7-8-11(13)9-12(10)14;1-10(2,3)9-7-5-4-6-8-9;4-1-7-2(5)9-3(6)8-1;;;;;;;;;;/h13-22,39-40H,8-12H2,1-7H3;2*7-14H,1-6H3;7-9,13-14H,2-6H2,1H3;4-8H,1-3H3;;1H4;;;7*1H/q;;;;;;;2*+3;;;;;;;/p-6/i;;;;;;;;;;;;;;;1+1. The molecule has 29 heteroatoms. The Bertz CT molecular complexity index is 5390. The maximum Gasteiger partial charge on any atom is 0.643 e. The van der Waals surface area contributed by atoms with E-state index in [4.69, 9.17) is 138 Å². The first-order valence-corrected chi connectivity index (χ1v) is 57.2. The molecule has 9 aromatic carbocycles. The molecule has 0 unspecified atom stereocenters. The van der Waals surface area contributed by atoms with Gasteiger partial charge in [-0.25, -0.2) is 85.2 Å². The third-order valence-corrected chi connectivity index (χ3v) is 22.1. The van der Waals surface area contributed by atoms with E-state index in [9.17, 15) is 15.3 Å². The Morgan fingerprint density at radius 3 is 0.699 bits per heavy atom. The maximum atomic E-state index is 10.9. The first-order valence-electron chi connectivity index (χ1n) is 44.9. The number of aromatic hydroxyl groups is 4. The van der Waals surface area contributed by atoms with Crippen molar-refractivity contribution in [3.05, 3.63) is 283 Å². The van der Waals surface area contributed by atoms with E-state index >= 15 is 0 Å². The summed E-state index contributed by atoms with van der Waals surface area (Å²) in [4.78, 5) is 51.5. The molecular weight excluding hydrogens is 1960 g/mol. The van der Waals surface area contributed by atoms with Crippen molar-refractivity contribution in [3.8, 4) is 103 Å². The van der Waals surface area contributed by atoms with Crippen LogP contribution in [0.15, 0.2) is 206 Å². The second-order valence-electron chi connectivity index (χ2n) is 39.5. The van der Waals surface area contributed by atoms with Gasteiger partial charge in [-0.3, -0.25) is 0 Å². The highest BCUT2D eigenvalue weighted by atomic mass is 35.8. The number of benzene rings is 9. The normalized spacial score (nSPS) is 11.4. The molecule has 0 aliphatic rings. The molecule has 0 spiro atoms. The van der Waals surface area contributed by atoms with Gasteiger partial charge in [-0.2, -0.15) is 34.9 Å². The molecule has 136 heavy (non-hydrogen) atoms. The molecule has 0 saturated carbocycles. The average Bonchev–Trinajstić information content (AvgIpc) is 0.783. The first kappa shape index (κ1) is 119. The topological polar surface area (TPSA) is 236 Å². The molecule has 4 aromatic heterocycles. The monoisotopic (exact) mass is 2090 g/mol. The van der Waals surface area contributed by atoms with Crippen LogP contribution >= 0.6 is 118 Å². The number of halogens is 11. The molecule has 13 aromatic rings. The molecule has 0 aliphatic carbocycles. The Morgan fingerprint density at radius 2 is 0.463 bits per heavy atom. The van der Waals surface area contributed by atoms with Gasteiger partial charge in [0.05, 0.1) is 5.56 Å². The number of rotatable bonds is 17. The van der Waals surface area contributed by atoms with E-state index in [1.54, 1.807) is 12.1 Å². The van der Waals surface area contributed by atoms with E-state index in [1.807, 2.05) is 78.9 Å². The first-order chi connectivity index (χ1) is 62.9. The van der Waals surface area contributed by atoms with Gasteiger partial charge in [-0.15, -0.1) is 0 Å². The average molecular weight is 2100 g/mol. The molecule has 0 amide bonds. The zero-order valence-corrected chi connectivity index (χ0v) is 92.3. The number of phenols is 4. The van der Waals surface area contributed by atoms with Crippen molar-refractivity contribution in [1.29, 1.82) is 0 Å². The Morgan fingerprint density at radius 1 is 0.243 bits per heavy atom. The number of nitrogens with zero attached hydrogens (tertiary/aromatic N) is 12. The predicted octanol–water partition coefficient (Wildman–Crippen LogP) is 34.2. The summed E-state index contributed by atoms with van der Waals surface area (Å²) in [5.41, 5.74) is 17.4. The lowest BCUT2D eigenvalue weighted by atomic mass is 9.86. The number of unbranched alkanes of at least 4 members (excludes halogenated alkanes) is 6. The molecule has 16 nitrogen and oxygen atoms in total. The molecule has 728 valence electrons. The van der Waals surface area contributed by atoms with Gasteiger partial charge in [0.2, 0.25) is 26.4 Å². The lowest BCUT2D eigenvalue weighted by Crippen LogP contribution is -2.11. The second-order valence-corrected chi connectivity index (χ2v) is 54.0. The van der Waals surface area contributed by atoms with E-state index in [0.29, 0.717) is 51.7 Å². The molecule has 0 bridgehead atoms. The second kappa shape index (κ2) is 55.0. The molecule has 0 saturated heterocycles. The fraction of sp³-hybridized carbons (Fsp3) is 0.383. The molecule has 0 fully saturated rings. The summed E-state index contributed by atoms with van der Waals surface area (Å²) in [5.74, 6) is 4.20. The summed E-state index contributed by atoms with van der Waals surface area (Å²) >= 11 is 24.9. The van der Waals surface area contributed by atoms with Crippen LogP contribution in [0.5, 0.6) is 23.0 Å². The third kappa shape index (κ3) is 41.3. The molecule has 4 N–H and O–H groups in total. The Kier molecular flexibility index (Phi) is 48.1. The highest BCUT2D eigenvalue weighted by molar-refractivity contribution is 7.54. The molecule has 0 atom stereocenters. The largest absolute Gasteiger partial charge is 0.643 e. The van der Waals surface area contributed by atoms with Crippen molar-refractivity contribution < 1.29 is 21.9 Å². The Labute approximate surface area is 868 Å². The van der Waals surface area contributed by atoms with Crippen molar-refractivity contribution in [2.45, 2.75) is 269 Å². The number of aromatic nitrogens is 12. The van der Waals surface area contributed by atoms with Crippen LogP contribution in [0, 0.1) is 0 Å². The van der Waals surface area contributed by atoms with Gasteiger partial charge in [-0.1, -0.05) is 387 Å². The van der Waals surface area contributed by atoms with Crippen LogP contribution < -0.4 is 0 Å². The van der Waals surface area contributed by atoms with Gasteiger partial charge in [0, 0.05) is 46.9 Å². The molecular formula is C107H133Al2Cl11N12O4. The molecule has 0 radical (unpaired) electrons. The van der Waals surface area contributed by atoms with Crippen LogP contribution in [-0.4, -0.2) is 103 Å². The van der Waals surface area contributed by atoms with Crippen LogP contribution in [0.3, 0.4) is 0 Å². The van der Waals surface area contributed by atoms with Crippen LogP contribution in [0.2, 0.25) is 26.4 Å². The lowest BCUT2D eigenvalue weighted by Gasteiger charge is -2.19. The van der Waals surface area contributed by atoms with Gasteiger partial charge in [0.25, 0.3) is 0 Å². The van der Waals surface area contributed by atoms with Crippen molar-refractivity contribution in [2.24, 2.45) is 0 Å². The smallest absolute Gasteiger partial charge is 0.508 e. The minimum absolute atomic E-state index is 0. The van der Waals surface area contributed by atoms with E-state index in [0.717, 1.165) is 89.5 Å². The summed E-state index contributed by atoms with van der Waals surface area (Å²) in [6.07, 6.45) is 10.8. The highest BCUT2D eigenvalue weighted by Crippen LogP contribution is 2.39. The van der Waals surface area contributed by atoms with E-state index < -0.39 is 22.8 Å². The quantitative estimate of drug-likeness (QED) is 0.0490. The highest BCUT2D eigenvalue weighted by Gasteiger charge is 2.24. The zero-order chi connectivity index (χ0) is 101. The van der Waals surface area contributed by atoms with Gasteiger partial charge >= 0.3 is 22.8 Å². The third-order valence-electron chi connectivity index (χ3n) is 21.2. The predicted molar refractivity (Wildman–Crippen MR) is 584 cm³/mol.